The van der Waals surface area contributed by atoms with Gasteiger partial charge in [0.15, 0.2) is 5.78 Å². The van der Waals surface area contributed by atoms with Gasteiger partial charge in [0, 0.05) is 36.6 Å². The number of anilines is 3. The molecule has 0 bridgehead atoms. The van der Waals surface area contributed by atoms with Crippen LogP contribution in [0.4, 0.5) is 22.0 Å². The lowest BCUT2D eigenvalue weighted by Crippen LogP contribution is -2.38. The number of aromatic nitrogens is 2. The van der Waals surface area contributed by atoms with Crippen molar-refractivity contribution in [3.63, 3.8) is 0 Å². The van der Waals surface area contributed by atoms with Gasteiger partial charge in [0.25, 0.3) is 0 Å². The molecule has 1 aromatic carbocycles. The first kappa shape index (κ1) is 25.0. The van der Waals surface area contributed by atoms with Gasteiger partial charge in [-0.3, -0.25) is 9.59 Å². The molecule has 36 heavy (non-hydrogen) atoms. The van der Waals surface area contributed by atoms with E-state index in [4.69, 9.17) is 4.74 Å². The quantitative estimate of drug-likeness (QED) is 0.441. The number of pyridine rings is 1. The zero-order chi connectivity index (χ0) is 25.9. The number of aryl methyl sites for hydroxylation is 1. The molecule has 0 fully saturated rings. The van der Waals surface area contributed by atoms with Crippen molar-refractivity contribution in [3.05, 3.63) is 59.9 Å². The molecule has 0 aliphatic heterocycles. The Morgan fingerprint density at radius 1 is 1.14 bits per heavy atom. The van der Waals surface area contributed by atoms with Gasteiger partial charge in [-0.25, -0.2) is 9.78 Å². The maximum Gasteiger partial charge on any atom is 0.410 e. The number of amides is 2. The van der Waals surface area contributed by atoms with Crippen molar-refractivity contribution in [2.24, 2.45) is 0 Å². The first-order chi connectivity index (χ1) is 17.1. The van der Waals surface area contributed by atoms with Crippen molar-refractivity contribution >= 4 is 35.0 Å². The molecule has 9 heteroatoms. The number of nitrogens with one attached hydrogen (secondary N) is 3. The highest BCUT2D eigenvalue weighted by Gasteiger charge is 2.27. The molecule has 0 saturated carbocycles. The predicted molar refractivity (Wildman–Crippen MR) is 139 cm³/mol. The van der Waals surface area contributed by atoms with E-state index >= 15 is 0 Å². The first-order valence-corrected chi connectivity index (χ1v) is 11.9. The molecule has 1 aliphatic rings. The number of fused-ring (bicyclic) bond motifs is 1. The number of Topliss-reactive ketones (excluding diaryl/α,β-unsaturated/α-hetero) is 1. The number of nitrogens with zero attached hydrogens (tertiary/aromatic N) is 2. The fourth-order valence-electron chi connectivity index (χ4n) is 4.06. The van der Waals surface area contributed by atoms with Crippen LogP contribution in [0.1, 0.15) is 49.7 Å². The molecule has 188 valence electrons. The van der Waals surface area contributed by atoms with E-state index in [1.807, 2.05) is 36.4 Å². The number of hydrogen-bond donors (Lipinski definition) is 3. The van der Waals surface area contributed by atoms with E-state index < -0.39 is 17.6 Å². The van der Waals surface area contributed by atoms with E-state index in [0.717, 1.165) is 35.5 Å². The van der Waals surface area contributed by atoms with Gasteiger partial charge in [0.1, 0.15) is 18.0 Å². The third kappa shape index (κ3) is 5.91. The van der Waals surface area contributed by atoms with Crippen molar-refractivity contribution < 1.29 is 19.1 Å². The average Bonchev–Trinajstić information content (AvgIpc) is 3.18. The second-order valence-corrected chi connectivity index (χ2v) is 9.81. The van der Waals surface area contributed by atoms with Gasteiger partial charge in [0.05, 0.1) is 16.9 Å². The molecule has 4 rings (SSSR count). The molecule has 9 nitrogen and oxygen atoms in total. The van der Waals surface area contributed by atoms with Gasteiger partial charge in [-0.1, -0.05) is 18.2 Å². The third-order valence-corrected chi connectivity index (χ3v) is 5.63. The summed E-state index contributed by atoms with van der Waals surface area (Å²) in [6, 6.07) is 13.2. The van der Waals surface area contributed by atoms with Gasteiger partial charge in [-0.15, -0.1) is 0 Å². The number of carbonyl (C=O) groups excluding carboxylic acids is 3. The number of ketones is 1. The number of para-hydroxylation sites is 1. The topological polar surface area (TPSA) is 116 Å². The van der Waals surface area contributed by atoms with E-state index in [1.54, 1.807) is 33.0 Å². The summed E-state index contributed by atoms with van der Waals surface area (Å²) in [4.78, 5) is 46.5. The smallest absolute Gasteiger partial charge is 0.410 e. The standard InChI is InChI=1S/C27H31N5O4/c1-27(2,3)36-26(35)32(4)16-22(34)31-21-15-17(13-14-28-21)24-25(29-18-9-6-5-7-10-18)23-19(30-24)11-8-12-20(23)33/h5-7,9-10,13-15,29-30H,8,11-12,16H2,1-4H3,(H,28,31,34). The first-order valence-electron chi connectivity index (χ1n) is 11.9. The molecule has 1 aliphatic carbocycles. The summed E-state index contributed by atoms with van der Waals surface area (Å²) in [5.74, 6) is 0.0289. The fraction of sp³-hybridized carbons (Fsp3) is 0.333. The molecule has 3 aromatic rings. The molecule has 0 spiro atoms. The Balaban J connectivity index is 1.57. The Kier molecular flexibility index (Phi) is 7.10. The van der Waals surface area contributed by atoms with Gasteiger partial charge in [-0.2, -0.15) is 0 Å². The zero-order valence-corrected chi connectivity index (χ0v) is 21.0. The largest absolute Gasteiger partial charge is 0.444 e. The van der Waals surface area contributed by atoms with Crippen molar-refractivity contribution in [3.8, 4) is 11.3 Å². The van der Waals surface area contributed by atoms with E-state index in [9.17, 15) is 14.4 Å². The Morgan fingerprint density at radius 2 is 1.89 bits per heavy atom. The van der Waals surface area contributed by atoms with Crippen LogP contribution in [0.25, 0.3) is 11.3 Å². The van der Waals surface area contributed by atoms with Crippen LogP contribution in [0.3, 0.4) is 0 Å². The molecule has 2 amide bonds. The molecule has 2 heterocycles. The average molecular weight is 490 g/mol. The minimum absolute atomic E-state index is 0.102. The SMILES string of the molecule is CN(CC(=O)Nc1cc(-c2[nH]c3c(c2Nc2ccccc2)C(=O)CCC3)ccn1)C(=O)OC(C)(C)C. The lowest BCUT2D eigenvalue weighted by molar-refractivity contribution is -0.117. The lowest BCUT2D eigenvalue weighted by Gasteiger charge is -2.24. The number of ether oxygens (including phenoxy) is 1. The van der Waals surface area contributed by atoms with Crippen LogP contribution >= 0.6 is 0 Å². The summed E-state index contributed by atoms with van der Waals surface area (Å²) in [6.07, 6.45) is 3.11. The summed E-state index contributed by atoms with van der Waals surface area (Å²) in [7, 11) is 1.50. The van der Waals surface area contributed by atoms with E-state index in [2.05, 4.69) is 20.6 Å². The minimum atomic E-state index is -0.653. The number of benzene rings is 1. The van der Waals surface area contributed by atoms with Crippen LogP contribution < -0.4 is 10.6 Å². The van der Waals surface area contributed by atoms with Gasteiger partial charge in [0.2, 0.25) is 5.91 Å². The number of aromatic amines is 1. The predicted octanol–water partition coefficient (Wildman–Crippen LogP) is 5.14. The van der Waals surface area contributed by atoms with Crippen molar-refractivity contribution in [1.29, 1.82) is 0 Å². The van der Waals surface area contributed by atoms with Crippen molar-refractivity contribution in [2.75, 3.05) is 24.2 Å². The summed E-state index contributed by atoms with van der Waals surface area (Å²) in [5, 5.41) is 6.15. The minimum Gasteiger partial charge on any atom is -0.444 e. The molecule has 0 saturated heterocycles. The number of likely N-dealkylation sites (N-methyl/N-ethyl adjacent to an activating group) is 1. The molecule has 0 unspecified atom stereocenters. The highest BCUT2D eigenvalue weighted by Crippen LogP contribution is 2.39. The maximum absolute atomic E-state index is 12.8. The second kappa shape index (κ2) is 10.2. The Hall–Kier alpha value is -4.14. The number of rotatable bonds is 6. The van der Waals surface area contributed by atoms with Crippen LogP contribution in [-0.4, -0.2) is 51.8 Å². The number of H-pyrrole nitrogens is 1. The van der Waals surface area contributed by atoms with Gasteiger partial charge in [-0.05, 0) is 57.9 Å². The Morgan fingerprint density at radius 3 is 2.61 bits per heavy atom. The molecule has 3 N–H and O–H groups in total. The van der Waals surface area contributed by atoms with Crippen LogP contribution in [0.2, 0.25) is 0 Å². The fourth-order valence-corrected chi connectivity index (χ4v) is 4.06. The molecule has 0 radical (unpaired) electrons. The molecule has 2 aromatic heterocycles. The van der Waals surface area contributed by atoms with Crippen LogP contribution in [0, 0.1) is 0 Å². The summed E-state index contributed by atoms with van der Waals surface area (Å²) in [5.41, 5.74) is 4.03. The summed E-state index contributed by atoms with van der Waals surface area (Å²) < 4.78 is 5.29. The molecular weight excluding hydrogens is 458 g/mol. The van der Waals surface area contributed by atoms with E-state index in [-0.39, 0.29) is 12.3 Å². The van der Waals surface area contributed by atoms with Crippen LogP contribution in [-0.2, 0) is 16.0 Å². The van der Waals surface area contributed by atoms with Crippen molar-refractivity contribution in [1.82, 2.24) is 14.9 Å². The van der Waals surface area contributed by atoms with E-state index in [1.165, 1.54) is 11.9 Å². The maximum atomic E-state index is 12.8. The van der Waals surface area contributed by atoms with Gasteiger partial charge >= 0.3 is 6.09 Å². The second-order valence-electron chi connectivity index (χ2n) is 9.81. The van der Waals surface area contributed by atoms with Crippen LogP contribution in [0.5, 0.6) is 0 Å². The lowest BCUT2D eigenvalue weighted by atomic mass is 9.95. The number of hydrogen-bond acceptors (Lipinski definition) is 6. The molecular formula is C27H31N5O4. The highest BCUT2D eigenvalue weighted by atomic mass is 16.6. The third-order valence-electron chi connectivity index (χ3n) is 5.63. The van der Waals surface area contributed by atoms with Crippen molar-refractivity contribution in [2.45, 2.75) is 45.6 Å². The Bertz CT molecular complexity index is 1280. The summed E-state index contributed by atoms with van der Waals surface area (Å²) in [6.45, 7) is 5.11. The summed E-state index contributed by atoms with van der Waals surface area (Å²) >= 11 is 0. The highest BCUT2D eigenvalue weighted by molar-refractivity contribution is 6.07. The van der Waals surface area contributed by atoms with E-state index in [0.29, 0.717) is 23.5 Å². The molecule has 0 atom stereocenters. The van der Waals surface area contributed by atoms with Crippen LogP contribution in [0.15, 0.2) is 48.7 Å². The monoisotopic (exact) mass is 489 g/mol. The van der Waals surface area contributed by atoms with Gasteiger partial charge < -0.3 is 25.3 Å². The number of carbonyl (C=O) groups is 3. The zero-order valence-electron chi connectivity index (χ0n) is 21.0. The Labute approximate surface area is 210 Å². The normalized spacial score (nSPS) is 13.1.